The van der Waals surface area contributed by atoms with Gasteiger partial charge in [0.1, 0.15) is 0 Å². The van der Waals surface area contributed by atoms with Gasteiger partial charge in [-0.1, -0.05) is 11.6 Å². The maximum absolute atomic E-state index is 12.0. The van der Waals surface area contributed by atoms with E-state index in [9.17, 15) is 9.59 Å². The first-order chi connectivity index (χ1) is 9.10. The lowest BCUT2D eigenvalue weighted by Gasteiger charge is -2.32. The van der Waals surface area contributed by atoms with Gasteiger partial charge in [0.2, 0.25) is 0 Å². The number of ether oxygens (including phenoxy) is 1. The highest BCUT2D eigenvalue weighted by Crippen LogP contribution is 2.41. The van der Waals surface area contributed by atoms with Crippen molar-refractivity contribution in [2.45, 2.75) is 18.9 Å². The normalized spacial score (nSPS) is 20.0. The molecule has 1 N–H and O–H groups in total. The van der Waals surface area contributed by atoms with E-state index in [1.807, 2.05) is 12.1 Å². The number of nitrogens with one attached hydrogen (secondary N) is 1. The Morgan fingerprint density at radius 1 is 1.58 bits per heavy atom. The third kappa shape index (κ3) is 1.94. The van der Waals surface area contributed by atoms with E-state index in [4.69, 9.17) is 11.6 Å². The van der Waals surface area contributed by atoms with Crippen LogP contribution in [0.5, 0.6) is 0 Å². The maximum Gasteiger partial charge on any atom is 0.322 e. The summed E-state index contributed by atoms with van der Waals surface area (Å²) in [6.45, 7) is 0.652. The summed E-state index contributed by atoms with van der Waals surface area (Å²) in [4.78, 5) is 25.2. The second-order valence-electron chi connectivity index (χ2n) is 4.69. The van der Waals surface area contributed by atoms with Gasteiger partial charge in [-0.15, -0.1) is 0 Å². The molecule has 0 radical (unpaired) electrons. The summed E-state index contributed by atoms with van der Waals surface area (Å²) >= 11 is 6.10. The molecule has 0 saturated heterocycles. The molecule has 3 rings (SSSR count). The number of hydrogen-bond donors (Lipinski definition) is 1. The lowest BCUT2D eigenvalue weighted by atomic mass is 9.97. The molecule has 0 spiro atoms. The van der Waals surface area contributed by atoms with Crippen LogP contribution in [0, 0.1) is 0 Å². The number of carbonyl (C=O) groups excluding carboxylic acids is 2. The van der Waals surface area contributed by atoms with Crippen molar-refractivity contribution < 1.29 is 14.3 Å². The van der Waals surface area contributed by atoms with Gasteiger partial charge in [0.15, 0.2) is 0 Å². The Bertz CT molecular complexity index is 573. The zero-order chi connectivity index (χ0) is 13.6. The van der Waals surface area contributed by atoms with Crippen LogP contribution in [0.15, 0.2) is 12.1 Å². The monoisotopic (exact) mass is 280 g/mol. The Balaban J connectivity index is 2.06. The van der Waals surface area contributed by atoms with E-state index in [0.29, 0.717) is 11.6 Å². The minimum absolute atomic E-state index is 0.114. The predicted octanol–water partition coefficient (Wildman–Crippen LogP) is 2.03. The summed E-state index contributed by atoms with van der Waals surface area (Å²) in [5.74, 6) is -0.356. The Hall–Kier alpha value is -1.75. The fourth-order valence-corrected chi connectivity index (χ4v) is 2.98. The van der Waals surface area contributed by atoms with Crippen molar-refractivity contribution in [2.24, 2.45) is 0 Å². The zero-order valence-corrected chi connectivity index (χ0v) is 11.2. The molecule has 1 unspecified atom stereocenters. The summed E-state index contributed by atoms with van der Waals surface area (Å²) in [6.07, 6.45) is 0.907. The third-order valence-electron chi connectivity index (χ3n) is 3.57. The molecule has 2 aliphatic heterocycles. The highest BCUT2D eigenvalue weighted by Gasteiger charge is 2.37. The van der Waals surface area contributed by atoms with E-state index in [-0.39, 0.29) is 24.5 Å². The van der Waals surface area contributed by atoms with Crippen molar-refractivity contribution in [3.8, 4) is 0 Å². The summed E-state index contributed by atoms with van der Waals surface area (Å²) in [5.41, 5.74) is 2.86. The van der Waals surface area contributed by atoms with Crippen LogP contribution in [0.3, 0.4) is 0 Å². The smallest absolute Gasteiger partial charge is 0.322 e. The van der Waals surface area contributed by atoms with E-state index < -0.39 is 0 Å². The molecular weight excluding hydrogens is 268 g/mol. The van der Waals surface area contributed by atoms with Gasteiger partial charge in [-0.25, -0.2) is 4.79 Å². The van der Waals surface area contributed by atoms with Crippen LogP contribution in [0.4, 0.5) is 10.5 Å². The first-order valence-electron chi connectivity index (χ1n) is 6.07. The molecule has 0 aromatic heterocycles. The van der Waals surface area contributed by atoms with Gasteiger partial charge in [-0.2, -0.15) is 0 Å². The Labute approximate surface area is 115 Å². The second-order valence-corrected chi connectivity index (χ2v) is 5.12. The van der Waals surface area contributed by atoms with Gasteiger partial charge < -0.3 is 10.1 Å². The van der Waals surface area contributed by atoms with E-state index in [1.54, 1.807) is 4.90 Å². The molecule has 2 amide bonds. The van der Waals surface area contributed by atoms with Crippen molar-refractivity contribution in [1.82, 2.24) is 5.32 Å². The Morgan fingerprint density at radius 2 is 2.37 bits per heavy atom. The molecule has 0 aliphatic carbocycles. The van der Waals surface area contributed by atoms with Gasteiger partial charge >= 0.3 is 12.0 Å². The quantitative estimate of drug-likeness (QED) is 0.843. The predicted molar refractivity (Wildman–Crippen MR) is 70.4 cm³/mol. The van der Waals surface area contributed by atoms with Crippen molar-refractivity contribution >= 4 is 29.3 Å². The summed E-state index contributed by atoms with van der Waals surface area (Å²) < 4.78 is 4.67. The number of nitrogens with zero attached hydrogens (tertiary/aromatic N) is 1. The van der Waals surface area contributed by atoms with Crippen LogP contribution >= 0.6 is 11.6 Å². The Kier molecular flexibility index (Phi) is 2.86. The average molecular weight is 281 g/mol. The number of anilines is 1. The standard InChI is InChI=1S/C13H13ClN2O3/c1-19-11(17)6-10-9-5-8(14)4-7-2-3-16(12(7)9)13(18)15-10/h4-5,10H,2-3,6H2,1H3,(H,15,18). The number of carbonyl (C=O) groups is 2. The van der Waals surface area contributed by atoms with Gasteiger partial charge in [0.25, 0.3) is 0 Å². The number of esters is 1. The summed E-state index contributed by atoms with van der Waals surface area (Å²) in [6, 6.07) is 3.16. The molecule has 100 valence electrons. The fourth-order valence-electron chi connectivity index (χ4n) is 2.73. The van der Waals surface area contributed by atoms with Gasteiger partial charge in [0.05, 0.1) is 25.3 Å². The minimum Gasteiger partial charge on any atom is -0.469 e. The van der Waals surface area contributed by atoms with Crippen LogP contribution in [-0.2, 0) is 16.0 Å². The average Bonchev–Trinajstić information content (AvgIpc) is 2.79. The summed E-state index contributed by atoms with van der Waals surface area (Å²) in [5, 5.41) is 3.45. The zero-order valence-electron chi connectivity index (χ0n) is 10.4. The van der Waals surface area contributed by atoms with E-state index in [0.717, 1.165) is 23.2 Å². The van der Waals surface area contributed by atoms with Crippen molar-refractivity contribution in [2.75, 3.05) is 18.6 Å². The highest BCUT2D eigenvalue weighted by atomic mass is 35.5. The number of amides is 2. The van der Waals surface area contributed by atoms with Crippen LogP contribution in [0.1, 0.15) is 23.6 Å². The van der Waals surface area contributed by atoms with E-state index >= 15 is 0 Å². The van der Waals surface area contributed by atoms with Crippen LogP contribution in [0.25, 0.3) is 0 Å². The fraction of sp³-hybridized carbons (Fsp3) is 0.385. The van der Waals surface area contributed by atoms with Crippen LogP contribution in [0.2, 0.25) is 5.02 Å². The van der Waals surface area contributed by atoms with Crippen LogP contribution in [-0.4, -0.2) is 25.7 Å². The number of benzene rings is 1. The topological polar surface area (TPSA) is 58.6 Å². The Morgan fingerprint density at radius 3 is 3.11 bits per heavy atom. The number of halogens is 1. The maximum atomic E-state index is 12.0. The molecule has 1 aromatic carbocycles. The van der Waals surface area contributed by atoms with E-state index in [1.165, 1.54) is 7.11 Å². The van der Waals surface area contributed by atoms with Gasteiger partial charge in [-0.05, 0) is 24.1 Å². The van der Waals surface area contributed by atoms with Crippen molar-refractivity contribution in [3.05, 3.63) is 28.3 Å². The summed E-state index contributed by atoms with van der Waals surface area (Å²) in [7, 11) is 1.34. The lowest BCUT2D eigenvalue weighted by molar-refractivity contribution is -0.141. The number of rotatable bonds is 2. The number of methoxy groups -OCH3 is 1. The molecule has 1 aromatic rings. The van der Waals surface area contributed by atoms with Crippen molar-refractivity contribution in [1.29, 1.82) is 0 Å². The number of hydrogen-bond acceptors (Lipinski definition) is 3. The largest absolute Gasteiger partial charge is 0.469 e. The molecule has 19 heavy (non-hydrogen) atoms. The molecule has 0 saturated carbocycles. The highest BCUT2D eigenvalue weighted by molar-refractivity contribution is 6.31. The third-order valence-corrected chi connectivity index (χ3v) is 3.79. The molecular formula is C13H13ClN2O3. The van der Waals surface area contributed by atoms with Gasteiger partial charge in [-0.3, -0.25) is 9.69 Å². The molecule has 0 bridgehead atoms. The van der Waals surface area contributed by atoms with Crippen LogP contribution < -0.4 is 10.2 Å². The molecule has 2 aliphatic rings. The number of urea groups is 1. The minimum atomic E-state index is -0.373. The first kappa shape index (κ1) is 12.3. The molecule has 2 heterocycles. The molecule has 1 atom stereocenters. The molecule has 5 nitrogen and oxygen atoms in total. The van der Waals surface area contributed by atoms with Gasteiger partial charge in [0, 0.05) is 17.1 Å². The van der Waals surface area contributed by atoms with Crippen molar-refractivity contribution in [3.63, 3.8) is 0 Å². The van der Waals surface area contributed by atoms with E-state index in [2.05, 4.69) is 10.1 Å². The lowest BCUT2D eigenvalue weighted by Crippen LogP contribution is -2.46. The SMILES string of the molecule is COC(=O)CC1NC(=O)N2CCc3cc(Cl)cc1c32. The molecule has 0 fully saturated rings. The molecule has 6 heteroatoms. The first-order valence-corrected chi connectivity index (χ1v) is 6.45. The second kappa shape index (κ2) is 4.42.